The zero-order valence-electron chi connectivity index (χ0n) is 13.1. The van der Waals surface area contributed by atoms with Gasteiger partial charge >= 0.3 is 0 Å². The average Bonchev–Trinajstić information content (AvgIpc) is 2.36. The largest absolute Gasteiger partial charge is 0.496 e. The molecule has 1 unspecified atom stereocenters. The van der Waals surface area contributed by atoms with Gasteiger partial charge in [0, 0.05) is 6.04 Å². The third kappa shape index (κ3) is 5.65. The lowest BCUT2D eigenvalue weighted by molar-refractivity contribution is 0.283. The molecule has 1 atom stereocenters. The minimum absolute atomic E-state index is 0.273. The highest BCUT2D eigenvalue weighted by molar-refractivity contribution is 5.33. The molecule has 0 radical (unpaired) electrons. The SMILES string of the molecule is CCCNC(C)CC(C)(C)Cc1ccccc1OC. The highest BCUT2D eigenvalue weighted by Crippen LogP contribution is 2.31. The van der Waals surface area contributed by atoms with Crippen LogP contribution in [-0.4, -0.2) is 19.7 Å². The quantitative estimate of drug-likeness (QED) is 0.764. The van der Waals surface area contributed by atoms with Crippen LogP contribution in [0.25, 0.3) is 0 Å². The fourth-order valence-electron chi connectivity index (χ4n) is 2.73. The molecule has 1 N–H and O–H groups in total. The van der Waals surface area contributed by atoms with Crippen molar-refractivity contribution in [2.24, 2.45) is 5.41 Å². The molecule has 0 aliphatic carbocycles. The number of hydrogen-bond donors (Lipinski definition) is 1. The summed E-state index contributed by atoms with van der Waals surface area (Å²) >= 11 is 0. The van der Waals surface area contributed by atoms with Crippen LogP contribution in [0.1, 0.15) is 46.1 Å². The normalized spacial score (nSPS) is 13.3. The van der Waals surface area contributed by atoms with Crippen molar-refractivity contribution in [1.29, 1.82) is 0 Å². The van der Waals surface area contributed by atoms with Crippen LogP contribution < -0.4 is 10.1 Å². The number of ether oxygens (including phenoxy) is 1. The van der Waals surface area contributed by atoms with Crippen LogP contribution in [0, 0.1) is 5.41 Å². The van der Waals surface area contributed by atoms with Gasteiger partial charge in [0.25, 0.3) is 0 Å². The number of para-hydroxylation sites is 1. The monoisotopic (exact) mass is 263 g/mol. The van der Waals surface area contributed by atoms with E-state index in [9.17, 15) is 0 Å². The first-order valence-corrected chi connectivity index (χ1v) is 7.34. The second-order valence-electron chi connectivity index (χ2n) is 6.21. The summed E-state index contributed by atoms with van der Waals surface area (Å²) in [6.45, 7) is 10.3. The molecule has 0 aliphatic heterocycles. The van der Waals surface area contributed by atoms with Crippen LogP contribution in [0.2, 0.25) is 0 Å². The minimum Gasteiger partial charge on any atom is -0.496 e. The van der Waals surface area contributed by atoms with E-state index in [1.165, 1.54) is 18.4 Å². The Hall–Kier alpha value is -1.02. The molecule has 1 aromatic rings. The molecular weight excluding hydrogens is 234 g/mol. The van der Waals surface area contributed by atoms with E-state index in [4.69, 9.17) is 4.74 Å². The Balaban J connectivity index is 2.62. The minimum atomic E-state index is 0.273. The van der Waals surface area contributed by atoms with E-state index in [0.717, 1.165) is 18.7 Å². The summed E-state index contributed by atoms with van der Waals surface area (Å²) in [7, 11) is 1.75. The van der Waals surface area contributed by atoms with Gasteiger partial charge in [0.15, 0.2) is 0 Å². The predicted octanol–water partition coefficient (Wildman–Crippen LogP) is 4.04. The molecule has 0 aliphatic rings. The molecule has 0 heterocycles. The molecule has 108 valence electrons. The van der Waals surface area contributed by atoms with Crippen LogP contribution in [0.5, 0.6) is 5.75 Å². The van der Waals surface area contributed by atoms with Crippen molar-refractivity contribution in [1.82, 2.24) is 5.32 Å². The molecule has 0 aromatic heterocycles. The maximum atomic E-state index is 5.45. The van der Waals surface area contributed by atoms with E-state index >= 15 is 0 Å². The Morgan fingerprint density at radius 1 is 1.26 bits per heavy atom. The van der Waals surface area contributed by atoms with Crippen LogP contribution in [-0.2, 0) is 6.42 Å². The summed E-state index contributed by atoms with van der Waals surface area (Å²) in [5, 5.41) is 3.57. The van der Waals surface area contributed by atoms with Crippen molar-refractivity contribution in [3.63, 3.8) is 0 Å². The first-order chi connectivity index (χ1) is 8.98. The summed E-state index contributed by atoms with van der Waals surface area (Å²) in [5.41, 5.74) is 1.58. The van der Waals surface area contributed by atoms with Gasteiger partial charge in [-0.15, -0.1) is 0 Å². The van der Waals surface area contributed by atoms with Gasteiger partial charge in [0.05, 0.1) is 7.11 Å². The molecule has 0 saturated heterocycles. The molecule has 0 spiro atoms. The maximum absolute atomic E-state index is 5.45. The van der Waals surface area contributed by atoms with E-state index in [0.29, 0.717) is 6.04 Å². The van der Waals surface area contributed by atoms with Crippen molar-refractivity contribution in [3.8, 4) is 5.75 Å². The zero-order chi connectivity index (χ0) is 14.3. The first-order valence-electron chi connectivity index (χ1n) is 7.34. The Kier molecular flexibility index (Phi) is 6.36. The smallest absolute Gasteiger partial charge is 0.122 e. The van der Waals surface area contributed by atoms with Crippen molar-refractivity contribution in [3.05, 3.63) is 29.8 Å². The van der Waals surface area contributed by atoms with Gasteiger partial charge in [0.1, 0.15) is 5.75 Å². The Morgan fingerprint density at radius 3 is 2.58 bits per heavy atom. The summed E-state index contributed by atoms with van der Waals surface area (Å²) < 4.78 is 5.45. The average molecular weight is 263 g/mol. The maximum Gasteiger partial charge on any atom is 0.122 e. The van der Waals surface area contributed by atoms with Crippen LogP contribution in [0.4, 0.5) is 0 Å². The topological polar surface area (TPSA) is 21.3 Å². The van der Waals surface area contributed by atoms with Gasteiger partial charge < -0.3 is 10.1 Å². The second-order valence-corrected chi connectivity index (χ2v) is 6.21. The molecule has 0 saturated carbocycles. The number of methoxy groups -OCH3 is 1. The summed E-state index contributed by atoms with van der Waals surface area (Å²) in [5.74, 6) is 1.00. The molecule has 0 amide bonds. The molecule has 1 rings (SSSR count). The van der Waals surface area contributed by atoms with Crippen LogP contribution in [0.3, 0.4) is 0 Å². The standard InChI is InChI=1S/C17H29NO/c1-6-11-18-14(2)12-17(3,4)13-15-9-7-8-10-16(15)19-5/h7-10,14,18H,6,11-13H2,1-5H3. The van der Waals surface area contributed by atoms with Gasteiger partial charge in [-0.05, 0) is 49.8 Å². The molecular formula is C17H29NO. The van der Waals surface area contributed by atoms with Crippen molar-refractivity contribution in [2.75, 3.05) is 13.7 Å². The van der Waals surface area contributed by atoms with Gasteiger partial charge in [-0.3, -0.25) is 0 Å². The number of rotatable bonds is 8. The fraction of sp³-hybridized carbons (Fsp3) is 0.647. The lowest BCUT2D eigenvalue weighted by Crippen LogP contribution is -2.32. The van der Waals surface area contributed by atoms with Crippen molar-refractivity contribution < 1.29 is 4.74 Å². The second kappa shape index (κ2) is 7.54. The van der Waals surface area contributed by atoms with Gasteiger partial charge in [-0.1, -0.05) is 39.0 Å². The number of hydrogen-bond acceptors (Lipinski definition) is 2. The van der Waals surface area contributed by atoms with Gasteiger partial charge in [-0.25, -0.2) is 0 Å². The summed E-state index contributed by atoms with van der Waals surface area (Å²) in [6, 6.07) is 8.90. The van der Waals surface area contributed by atoms with Gasteiger partial charge in [-0.2, -0.15) is 0 Å². The van der Waals surface area contributed by atoms with Crippen molar-refractivity contribution >= 4 is 0 Å². The number of benzene rings is 1. The highest BCUT2D eigenvalue weighted by Gasteiger charge is 2.22. The van der Waals surface area contributed by atoms with E-state index in [1.54, 1.807) is 7.11 Å². The molecule has 2 heteroatoms. The van der Waals surface area contributed by atoms with E-state index in [-0.39, 0.29) is 5.41 Å². The Bertz CT molecular complexity index is 373. The number of nitrogens with one attached hydrogen (secondary N) is 1. The summed E-state index contributed by atoms with van der Waals surface area (Å²) in [4.78, 5) is 0. The third-order valence-corrected chi connectivity index (χ3v) is 3.46. The highest BCUT2D eigenvalue weighted by atomic mass is 16.5. The Morgan fingerprint density at radius 2 is 1.95 bits per heavy atom. The van der Waals surface area contributed by atoms with Gasteiger partial charge in [0.2, 0.25) is 0 Å². The third-order valence-electron chi connectivity index (χ3n) is 3.46. The van der Waals surface area contributed by atoms with Crippen LogP contribution >= 0.6 is 0 Å². The molecule has 1 aromatic carbocycles. The fourth-order valence-corrected chi connectivity index (χ4v) is 2.73. The first kappa shape index (κ1) is 16.0. The molecule has 19 heavy (non-hydrogen) atoms. The van der Waals surface area contributed by atoms with E-state index < -0.39 is 0 Å². The zero-order valence-corrected chi connectivity index (χ0v) is 13.1. The van der Waals surface area contributed by atoms with Crippen LogP contribution in [0.15, 0.2) is 24.3 Å². The van der Waals surface area contributed by atoms with E-state index in [2.05, 4.69) is 45.1 Å². The molecule has 0 fully saturated rings. The Labute approximate surface area is 118 Å². The lowest BCUT2D eigenvalue weighted by atomic mass is 9.80. The van der Waals surface area contributed by atoms with Crippen molar-refractivity contribution in [2.45, 2.75) is 53.0 Å². The summed E-state index contributed by atoms with van der Waals surface area (Å²) in [6.07, 6.45) is 3.41. The van der Waals surface area contributed by atoms with E-state index in [1.807, 2.05) is 12.1 Å². The predicted molar refractivity (Wildman–Crippen MR) is 82.9 cm³/mol. The molecule has 0 bridgehead atoms. The molecule has 2 nitrogen and oxygen atoms in total. The lowest BCUT2D eigenvalue weighted by Gasteiger charge is -2.29.